The number of nitrogens with zero attached hydrogens (tertiary/aromatic N) is 1. The van der Waals surface area contributed by atoms with Crippen LogP contribution in [0.3, 0.4) is 0 Å². The molecule has 8 heteroatoms. The van der Waals surface area contributed by atoms with Crippen molar-refractivity contribution in [2.45, 2.75) is 116 Å². The highest BCUT2D eigenvalue weighted by Crippen LogP contribution is 2.61. The van der Waals surface area contributed by atoms with Gasteiger partial charge in [0.15, 0.2) is 0 Å². The number of hydrogen-bond donors (Lipinski definition) is 2. The highest BCUT2D eigenvalue weighted by atomic mass is 16.6. The first-order valence-corrected chi connectivity index (χ1v) is 17.0. The first-order valence-electron chi connectivity index (χ1n) is 17.0. The molecule has 3 amide bonds. The van der Waals surface area contributed by atoms with E-state index in [1.165, 1.54) is 54.7 Å². The lowest BCUT2D eigenvalue weighted by Gasteiger charge is -2.51. The number of aryl methyl sites for hydroxylation is 1. The van der Waals surface area contributed by atoms with Gasteiger partial charge < -0.3 is 20.1 Å². The molecular formula is C36H53N3O5. The van der Waals surface area contributed by atoms with E-state index >= 15 is 0 Å². The SMILES string of the molecule is CC(C)(C)OC(=O)NCCCOc1ccc2c(c1)CCC1C2CC[C@@]2(C)C1CC[C@@H]2NCCCCCCN1C(=O)C=CC1=O. The number of imide groups is 1. The normalized spacial score (nSPS) is 27.6. The van der Waals surface area contributed by atoms with Gasteiger partial charge in [-0.1, -0.05) is 25.8 Å². The molecule has 2 saturated carbocycles. The number of hydrogen-bond acceptors (Lipinski definition) is 6. The number of amides is 3. The average Bonchev–Trinajstić information content (AvgIpc) is 3.48. The van der Waals surface area contributed by atoms with Gasteiger partial charge >= 0.3 is 6.09 Å². The van der Waals surface area contributed by atoms with E-state index in [1.54, 1.807) is 5.56 Å². The van der Waals surface area contributed by atoms with Gasteiger partial charge in [-0.25, -0.2) is 4.79 Å². The number of carbonyl (C=O) groups excluding carboxylic acids is 3. The van der Waals surface area contributed by atoms with Gasteiger partial charge in [0.2, 0.25) is 0 Å². The van der Waals surface area contributed by atoms with Gasteiger partial charge in [-0.3, -0.25) is 14.5 Å². The average molecular weight is 608 g/mol. The molecule has 1 heterocycles. The van der Waals surface area contributed by atoms with E-state index in [1.807, 2.05) is 20.8 Å². The predicted molar refractivity (Wildman–Crippen MR) is 172 cm³/mol. The molecule has 3 unspecified atom stereocenters. The summed E-state index contributed by atoms with van der Waals surface area (Å²) in [4.78, 5) is 36.6. The van der Waals surface area contributed by atoms with Crippen LogP contribution in [-0.2, 0) is 20.7 Å². The molecule has 44 heavy (non-hydrogen) atoms. The highest BCUT2D eigenvalue weighted by Gasteiger charge is 2.54. The molecule has 2 fully saturated rings. The van der Waals surface area contributed by atoms with Gasteiger partial charge in [0.05, 0.1) is 6.61 Å². The Labute approximate surface area is 263 Å². The Hall–Kier alpha value is -2.87. The molecule has 1 aliphatic heterocycles. The lowest BCUT2D eigenvalue weighted by molar-refractivity contribution is -0.136. The van der Waals surface area contributed by atoms with Crippen LogP contribution in [0.2, 0.25) is 0 Å². The fourth-order valence-corrected chi connectivity index (χ4v) is 8.43. The van der Waals surface area contributed by atoms with Crippen molar-refractivity contribution < 1.29 is 23.9 Å². The topological polar surface area (TPSA) is 97.0 Å². The van der Waals surface area contributed by atoms with Crippen LogP contribution in [0.25, 0.3) is 0 Å². The predicted octanol–water partition coefficient (Wildman–Crippen LogP) is 6.28. The van der Waals surface area contributed by atoms with Gasteiger partial charge in [0.25, 0.3) is 11.8 Å². The second-order valence-electron chi connectivity index (χ2n) is 14.6. The maximum atomic E-state index is 11.8. The summed E-state index contributed by atoms with van der Waals surface area (Å²) >= 11 is 0. The van der Waals surface area contributed by atoms with Crippen molar-refractivity contribution in [3.63, 3.8) is 0 Å². The maximum absolute atomic E-state index is 11.8. The molecule has 8 nitrogen and oxygen atoms in total. The molecule has 242 valence electrons. The minimum absolute atomic E-state index is 0.172. The molecule has 5 rings (SSSR count). The Kier molecular flexibility index (Phi) is 10.4. The van der Waals surface area contributed by atoms with Crippen LogP contribution in [0.4, 0.5) is 4.79 Å². The van der Waals surface area contributed by atoms with Crippen molar-refractivity contribution in [1.29, 1.82) is 0 Å². The Morgan fingerprint density at radius 1 is 0.977 bits per heavy atom. The largest absolute Gasteiger partial charge is 0.494 e. The van der Waals surface area contributed by atoms with Crippen LogP contribution in [0.15, 0.2) is 30.4 Å². The van der Waals surface area contributed by atoms with E-state index in [0.29, 0.717) is 37.1 Å². The molecule has 1 aromatic rings. The van der Waals surface area contributed by atoms with Crippen LogP contribution in [-0.4, -0.2) is 60.7 Å². The molecule has 3 aliphatic carbocycles. The number of nitrogens with one attached hydrogen (secondary N) is 2. The van der Waals surface area contributed by atoms with Gasteiger partial charge in [-0.2, -0.15) is 0 Å². The lowest BCUT2D eigenvalue weighted by atomic mass is 9.55. The van der Waals surface area contributed by atoms with Crippen LogP contribution in [0, 0.1) is 17.3 Å². The van der Waals surface area contributed by atoms with Crippen molar-refractivity contribution in [3.8, 4) is 5.75 Å². The van der Waals surface area contributed by atoms with Crippen LogP contribution in [0.5, 0.6) is 5.75 Å². The molecule has 0 spiro atoms. The van der Waals surface area contributed by atoms with E-state index in [-0.39, 0.29) is 17.9 Å². The first-order chi connectivity index (χ1) is 21.0. The number of benzene rings is 1. The van der Waals surface area contributed by atoms with Crippen molar-refractivity contribution in [1.82, 2.24) is 15.5 Å². The van der Waals surface area contributed by atoms with Gasteiger partial charge in [-0.05, 0) is 132 Å². The second-order valence-corrected chi connectivity index (χ2v) is 14.6. The Balaban J connectivity index is 1.03. The zero-order chi connectivity index (χ0) is 31.3. The van der Waals surface area contributed by atoms with Crippen molar-refractivity contribution in [2.75, 3.05) is 26.2 Å². The summed E-state index contributed by atoms with van der Waals surface area (Å²) in [5.74, 6) is 2.80. The second kappa shape index (κ2) is 14.1. The molecular weight excluding hydrogens is 554 g/mol. The summed E-state index contributed by atoms with van der Waals surface area (Å²) in [7, 11) is 0. The Bertz CT molecular complexity index is 1200. The molecule has 0 radical (unpaired) electrons. The molecule has 0 bridgehead atoms. The van der Waals surface area contributed by atoms with E-state index in [4.69, 9.17) is 9.47 Å². The van der Waals surface area contributed by atoms with E-state index < -0.39 is 5.60 Å². The van der Waals surface area contributed by atoms with Gasteiger partial charge in [-0.15, -0.1) is 0 Å². The van der Waals surface area contributed by atoms with Crippen LogP contribution in [0.1, 0.15) is 109 Å². The lowest BCUT2D eigenvalue weighted by Crippen LogP contribution is -2.48. The fourth-order valence-electron chi connectivity index (χ4n) is 8.43. The Morgan fingerprint density at radius 3 is 2.52 bits per heavy atom. The van der Waals surface area contributed by atoms with Crippen LogP contribution < -0.4 is 15.4 Å². The molecule has 0 saturated heterocycles. The number of ether oxygens (including phenoxy) is 2. The zero-order valence-corrected chi connectivity index (χ0v) is 27.3. The summed E-state index contributed by atoms with van der Waals surface area (Å²) in [6, 6.07) is 7.34. The summed E-state index contributed by atoms with van der Waals surface area (Å²) in [5.41, 5.74) is 2.89. The van der Waals surface area contributed by atoms with Crippen molar-refractivity contribution >= 4 is 17.9 Å². The van der Waals surface area contributed by atoms with E-state index in [9.17, 15) is 14.4 Å². The van der Waals surface area contributed by atoms with E-state index in [0.717, 1.165) is 62.7 Å². The number of fused-ring (bicyclic) bond motifs is 5. The summed E-state index contributed by atoms with van der Waals surface area (Å²) in [6.07, 6.45) is 14.8. The van der Waals surface area contributed by atoms with Gasteiger partial charge in [0.1, 0.15) is 11.4 Å². The number of unbranched alkanes of at least 4 members (excludes halogenated alkanes) is 3. The zero-order valence-electron chi connectivity index (χ0n) is 27.3. The molecule has 4 aliphatic rings. The highest BCUT2D eigenvalue weighted by molar-refractivity contribution is 6.12. The number of alkyl carbamates (subject to hydrolysis) is 1. The van der Waals surface area contributed by atoms with E-state index in [2.05, 4.69) is 35.8 Å². The third kappa shape index (κ3) is 7.67. The van der Waals surface area contributed by atoms with Crippen molar-refractivity contribution in [2.24, 2.45) is 17.3 Å². The minimum Gasteiger partial charge on any atom is -0.494 e. The monoisotopic (exact) mass is 607 g/mol. The molecule has 2 N–H and O–H groups in total. The molecule has 0 aromatic heterocycles. The summed E-state index contributed by atoms with van der Waals surface area (Å²) in [5, 5.41) is 6.75. The summed E-state index contributed by atoms with van der Waals surface area (Å²) < 4.78 is 11.3. The van der Waals surface area contributed by atoms with Crippen LogP contribution >= 0.6 is 0 Å². The van der Waals surface area contributed by atoms with Crippen molar-refractivity contribution in [3.05, 3.63) is 41.5 Å². The molecule has 1 aromatic carbocycles. The third-order valence-corrected chi connectivity index (χ3v) is 10.6. The Morgan fingerprint density at radius 2 is 1.75 bits per heavy atom. The number of rotatable bonds is 13. The summed E-state index contributed by atoms with van der Waals surface area (Å²) in [6.45, 7) is 10.8. The maximum Gasteiger partial charge on any atom is 0.407 e. The third-order valence-electron chi connectivity index (χ3n) is 10.6. The fraction of sp³-hybridized carbons (Fsp3) is 0.694. The molecule has 5 atom stereocenters. The first kappa shape index (κ1) is 32.5. The smallest absolute Gasteiger partial charge is 0.407 e. The minimum atomic E-state index is -0.488. The number of carbonyl (C=O) groups is 3. The standard InChI is InChI=1S/C36H53N3O5/c1-35(2,3)44-34(42)38-21-9-23-43-26-11-13-27-25(24-26)10-12-29-28(27)18-19-36(4)30(29)14-15-31(36)37-20-7-5-6-8-22-39-32(40)16-17-33(39)41/h11,13,16-17,24,28-31,37H,5-10,12,14-15,18-23H2,1-4H3,(H,38,42)/t28?,29?,30?,31-,36-/m0/s1. The van der Waals surface area contributed by atoms with Gasteiger partial charge in [0, 0.05) is 31.3 Å². The quantitative estimate of drug-likeness (QED) is 0.202.